The molecule has 4 rings (SSSR count). The Hall–Kier alpha value is -2.41. The molecule has 0 aliphatic carbocycles. The highest BCUT2D eigenvalue weighted by Gasteiger charge is 2.40. The Labute approximate surface area is 177 Å². The molecule has 2 fully saturated rings. The van der Waals surface area contributed by atoms with Crippen LogP contribution >= 0.6 is 0 Å². The molecule has 0 bridgehead atoms. The van der Waals surface area contributed by atoms with Crippen molar-refractivity contribution in [2.45, 2.75) is 39.2 Å². The fourth-order valence-electron chi connectivity index (χ4n) is 4.65. The topological polar surface area (TPSA) is 70.2 Å². The van der Waals surface area contributed by atoms with Crippen LogP contribution in [0.25, 0.3) is 0 Å². The Morgan fingerprint density at radius 1 is 1.00 bits per heavy atom. The standard InChI is InChI=1S/C23H31N3O4/c1-23(2,3)30-22(29)25-14-17(15-25)16-7-6-10-24(13-16)11-12-26-20(27)18-8-4-5-9-19(18)21(26)28/h4-5,8-9,16-17H,6-7,10-15H2,1-3H3/t16-/m0/s1. The maximum Gasteiger partial charge on any atom is 0.410 e. The van der Waals surface area contributed by atoms with E-state index in [0.29, 0.717) is 36.1 Å². The summed E-state index contributed by atoms with van der Waals surface area (Å²) in [6.07, 6.45) is 2.04. The van der Waals surface area contributed by atoms with Gasteiger partial charge in [-0.2, -0.15) is 0 Å². The van der Waals surface area contributed by atoms with Crippen molar-refractivity contribution in [1.82, 2.24) is 14.7 Å². The molecule has 1 aromatic carbocycles. The molecule has 3 aliphatic heterocycles. The highest BCUT2D eigenvalue weighted by Crippen LogP contribution is 2.32. The molecule has 0 spiro atoms. The van der Waals surface area contributed by atoms with Crippen LogP contribution in [0, 0.1) is 11.8 Å². The van der Waals surface area contributed by atoms with Crippen molar-refractivity contribution in [3.63, 3.8) is 0 Å². The van der Waals surface area contributed by atoms with E-state index in [4.69, 9.17) is 4.74 Å². The zero-order chi connectivity index (χ0) is 21.5. The van der Waals surface area contributed by atoms with Crippen LogP contribution in [0.15, 0.2) is 24.3 Å². The number of hydrogen-bond acceptors (Lipinski definition) is 5. The Morgan fingerprint density at radius 2 is 1.63 bits per heavy atom. The third kappa shape index (κ3) is 4.21. The maximum atomic E-state index is 12.5. The van der Waals surface area contributed by atoms with E-state index in [9.17, 15) is 14.4 Å². The third-order valence-corrected chi connectivity index (χ3v) is 6.29. The number of amides is 3. The summed E-state index contributed by atoms with van der Waals surface area (Å²) in [7, 11) is 0. The van der Waals surface area contributed by atoms with Crippen molar-refractivity contribution in [3.05, 3.63) is 35.4 Å². The summed E-state index contributed by atoms with van der Waals surface area (Å²) < 4.78 is 5.45. The Balaban J connectivity index is 1.25. The molecule has 0 saturated carbocycles. The summed E-state index contributed by atoms with van der Waals surface area (Å²) in [5.74, 6) is 0.673. The number of imide groups is 1. The van der Waals surface area contributed by atoms with E-state index in [2.05, 4.69) is 4.90 Å². The average Bonchev–Trinajstić information content (AvgIpc) is 2.89. The van der Waals surface area contributed by atoms with Gasteiger partial charge in [0.2, 0.25) is 0 Å². The lowest BCUT2D eigenvalue weighted by molar-refractivity contribution is -0.0197. The van der Waals surface area contributed by atoms with Gasteiger partial charge in [0.15, 0.2) is 0 Å². The normalized spacial score (nSPS) is 22.8. The molecule has 0 unspecified atom stereocenters. The second kappa shape index (κ2) is 8.02. The molecule has 1 aromatic rings. The number of fused-ring (bicyclic) bond motifs is 1. The lowest BCUT2D eigenvalue weighted by Crippen LogP contribution is -2.56. The van der Waals surface area contributed by atoms with Gasteiger partial charge >= 0.3 is 6.09 Å². The van der Waals surface area contributed by atoms with E-state index < -0.39 is 5.60 Å². The molecule has 7 heteroatoms. The minimum Gasteiger partial charge on any atom is -0.444 e. The monoisotopic (exact) mass is 413 g/mol. The third-order valence-electron chi connectivity index (χ3n) is 6.29. The predicted octanol–water partition coefficient (Wildman–Crippen LogP) is 2.86. The molecule has 3 amide bonds. The number of likely N-dealkylation sites (tertiary alicyclic amines) is 2. The lowest BCUT2D eigenvalue weighted by atomic mass is 9.81. The molecule has 3 aliphatic rings. The van der Waals surface area contributed by atoms with E-state index in [1.165, 1.54) is 4.90 Å². The highest BCUT2D eigenvalue weighted by atomic mass is 16.6. The van der Waals surface area contributed by atoms with Crippen molar-refractivity contribution in [1.29, 1.82) is 0 Å². The fraction of sp³-hybridized carbons (Fsp3) is 0.609. The van der Waals surface area contributed by atoms with Crippen LogP contribution < -0.4 is 0 Å². The van der Waals surface area contributed by atoms with Gasteiger partial charge in [0.05, 0.1) is 11.1 Å². The maximum absolute atomic E-state index is 12.5. The van der Waals surface area contributed by atoms with Crippen LogP contribution in [0.3, 0.4) is 0 Å². The van der Waals surface area contributed by atoms with Gasteiger partial charge in [0.25, 0.3) is 11.8 Å². The van der Waals surface area contributed by atoms with Crippen LogP contribution in [0.2, 0.25) is 0 Å². The van der Waals surface area contributed by atoms with Gasteiger partial charge in [0.1, 0.15) is 5.60 Å². The van der Waals surface area contributed by atoms with Gasteiger partial charge in [0, 0.05) is 32.7 Å². The van der Waals surface area contributed by atoms with Gasteiger partial charge in [-0.15, -0.1) is 0 Å². The van der Waals surface area contributed by atoms with Gasteiger partial charge in [-0.3, -0.25) is 14.5 Å². The first kappa shape index (κ1) is 20.8. The summed E-state index contributed by atoms with van der Waals surface area (Å²) in [4.78, 5) is 42.8. The molecule has 3 heterocycles. The van der Waals surface area contributed by atoms with Gasteiger partial charge in [-0.1, -0.05) is 12.1 Å². The van der Waals surface area contributed by atoms with Gasteiger partial charge in [-0.05, 0) is 64.1 Å². The first-order valence-corrected chi connectivity index (χ1v) is 10.9. The van der Waals surface area contributed by atoms with Gasteiger partial charge < -0.3 is 14.5 Å². The van der Waals surface area contributed by atoms with Crippen molar-refractivity contribution in [2.24, 2.45) is 11.8 Å². The van der Waals surface area contributed by atoms with Crippen molar-refractivity contribution < 1.29 is 19.1 Å². The molecular formula is C23H31N3O4. The smallest absolute Gasteiger partial charge is 0.410 e. The van der Waals surface area contributed by atoms with E-state index >= 15 is 0 Å². The zero-order valence-electron chi connectivity index (χ0n) is 18.1. The SMILES string of the molecule is CC(C)(C)OC(=O)N1CC([C@H]2CCCN(CCN3C(=O)c4ccccc4C3=O)C2)C1. The molecule has 2 saturated heterocycles. The molecule has 0 N–H and O–H groups in total. The van der Waals surface area contributed by atoms with E-state index in [1.807, 2.05) is 20.8 Å². The highest BCUT2D eigenvalue weighted by molar-refractivity contribution is 6.21. The van der Waals surface area contributed by atoms with E-state index in [0.717, 1.165) is 39.0 Å². The number of ether oxygens (including phenoxy) is 1. The summed E-state index contributed by atoms with van der Waals surface area (Å²) in [5, 5.41) is 0. The molecule has 30 heavy (non-hydrogen) atoms. The number of carbonyl (C=O) groups excluding carboxylic acids is 3. The van der Waals surface area contributed by atoms with Crippen LogP contribution in [-0.4, -0.2) is 77.5 Å². The van der Waals surface area contributed by atoms with Crippen molar-refractivity contribution >= 4 is 17.9 Å². The summed E-state index contributed by atoms with van der Waals surface area (Å²) >= 11 is 0. The number of benzene rings is 1. The Kier molecular flexibility index (Phi) is 5.57. The minimum absolute atomic E-state index is 0.184. The van der Waals surface area contributed by atoms with E-state index in [1.54, 1.807) is 29.2 Å². The van der Waals surface area contributed by atoms with Crippen molar-refractivity contribution in [2.75, 3.05) is 39.3 Å². The Bertz CT molecular complexity index is 806. The predicted molar refractivity (Wildman–Crippen MR) is 112 cm³/mol. The summed E-state index contributed by atoms with van der Waals surface area (Å²) in [5.41, 5.74) is 0.555. The number of hydrogen-bond donors (Lipinski definition) is 0. The first-order valence-electron chi connectivity index (χ1n) is 10.9. The van der Waals surface area contributed by atoms with Crippen LogP contribution in [0.4, 0.5) is 4.79 Å². The van der Waals surface area contributed by atoms with E-state index in [-0.39, 0.29) is 17.9 Å². The van der Waals surface area contributed by atoms with Crippen LogP contribution in [-0.2, 0) is 4.74 Å². The van der Waals surface area contributed by atoms with Gasteiger partial charge in [-0.25, -0.2) is 4.79 Å². The number of rotatable bonds is 4. The fourth-order valence-corrected chi connectivity index (χ4v) is 4.65. The molecule has 0 radical (unpaired) electrons. The number of piperidine rings is 1. The Morgan fingerprint density at radius 3 is 2.23 bits per heavy atom. The summed E-state index contributed by atoms with van der Waals surface area (Å²) in [6, 6.07) is 7.03. The molecular weight excluding hydrogens is 382 g/mol. The minimum atomic E-state index is -0.464. The van der Waals surface area contributed by atoms with Crippen molar-refractivity contribution in [3.8, 4) is 0 Å². The number of carbonyl (C=O) groups is 3. The van der Waals surface area contributed by atoms with Crippen LogP contribution in [0.5, 0.6) is 0 Å². The molecule has 162 valence electrons. The molecule has 7 nitrogen and oxygen atoms in total. The average molecular weight is 414 g/mol. The quantitative estimate of drug-likeness (QED) is 0.710. The second-order valence-corrected chi connectivity index (χ2v) is 9.66. The molecule has 0 aromatic heterocycles. The molecule has 1 atom stereocenters. The van der Waals surface area contributed by atoms with Crippen LogP contribution in [0.1, 0.15) is 54.3 Å². The lowest BCUT2D eigenvalue weighted by Gasteiger charge is -2.46. The number of nitrogens with zero attached hydrogens (tertiary/aromatic N) is 3. The zero-order valence-corrected chi connectivity index (χ0v) is 18.1. The largest absolute Gasteiger partial charge is 0.444 e. The summed E-state index contributed by atoms with van der Waals surface area (Å²) in [6.45, 7) is 10.2. The first-order chi connectivity index (χ1) is 14.2. The second-order valence-electron chi connectivity index (χ2n) is 9.66.